The first-order valence-electron chi connectivity index (χ1n) is 6.80. The van der Waals surface area contributed by atoms with Crippen LogP contribution in [0, 0.1) is 6.92 Å². The number of nitrogens with zero attached hydrogens (tertiary/aromatic N) is 1. The minimum absolute atomic E-state index is 0.310. The summed E-state index contributed by atoms with van der Waals surface area (Å²) in [6.07, 6.45) is 3.76. The van der Waals surface area contributed by atoms with Crippen LogP contribution in [0.3, 0.4) is 0 Å². The third-order valence-electron chi connectivity index (χ3n) is 4.04. The minimum atomic E-state index is -0.332. The molecule has 0 spiro atoms. The van der Waals surface area contributed by atoms with Crippen LogP contribution in [0.4, 0.5) is 0 Å². The zero-order valence-corrected chi connectivity index (χ0v) is 13.1. The van der Waals surface area contributed by atoms with Crippen molar-refractivity contribution in [1.82, 2.24) is 4.98 Å². The molecule has 0 N–H and O–H groups in total. The van der Waals surface area contributed by atoms with Gasteiger partial charge in [-0.1, -0.05) is 12.1 Å². The van der Waals surface area contributed by atoms with Crippen LogP contribution in [0.1, 0.15) is 38.8 Å². The van der Waals surface area contributed by atoms with E-state index >= 15 is 0 Å². The molecule has 1 aromatic rings. The van der Waals surface area contributed by atoms with Crippen LogP contribution in [-0.4, -0.2) is 30.4 Å². The lowest BCUT2D eigenvalue weighted by molar-refractivity contribution is 0.00578. The molecule has 1 saturated heterocycles. The molecule has 0 radical (unpaired) electrons. The second-order valence-corrected chi connectivity index (χ2v) is 6.07. The van der Waals surface area contributed by atoms with Gasteiger partial charge in [0.2, 0.25) is 5.88 Å². The summed E-state index contributed by atoms with van der Waals surface area (Å²) < 4.78 is 16.9. The van der Waals surface area contributed by atoms with Crippen LogP contribution in [0.2, 0.25) is 0 Å². The quantitative estimate of drug-likeness (QED) is 0.795. The zero-order chi connectivity index (χ0) is 15.0. The van der Waals surface area contributed by atoms with E-state index in [-0.39, 0.29) is 18.3 Å². The van der Waals surface area contributed by atoms with Crippen LogP contribution in [0.15, 0.2) is 18.2 Å². The van der Waals surface area contributed by atoms with Crippen molar-refractivity contribution >= 4 is 13.2 Å². The van der Waals surface area contributed by atoms with Gasteiger partial charge in [0.05, 0.1) is 18.3 Å². The summed E-state index contributed by atoms with van der Waals surface area (Å²) in [7, 11) is 1.28. The molecule has 20 heavy (non-hydrogen) atoms. The maximum Gasteiger partial charge on any atom is 0.487 e. The van der Waals surface area contributed by atoms with E-state index in [2.05, 4.69) is 4.98 Å². The van der Waals surface area contributed by atoms with Gasteiger partial charge in [0.25, 0.3) is 0 Å². The van der Waals surface area contributed by atoms with E-state index in [1.807, 2.05) is 52.7 Å². The van der Waals surface area contributed by atoms with Gasteiger partial charge in [0.15, 0.2) is 0 Å². The summed E-state index contributed by atoms with van der Waals surface area (Å²) in [4.78, 5) is 4.21. The predicted octanol–water partition coefficient (Wildman–Crippen LogP) is 3.04. The van der Waals surface area contributed by atoms with Crippen LogP contribution in [-0.2, 0) is 9.31 Å². The smallest absolute Gasteiger partial charge is 0.481 e. The molecule has 0 saturated carbocycles. The van der Waals surface area contributed by atoms with Gasteiger partial charge in [-0.3, -0.25) is 0 Å². The number of pyridine rings is 1. The second-order valence-electron chi connectivity index (χ2n) is 6.07. The Bertz CT molecular complexity index is 510. The van der Waals surface area contributed by atoms with E-state index in [9.17, 15) is 0 Å². The van der Waals surface area contributed by atoms with Crippen LogP contribution < -0.4 is 4.74 Å². The highest BCUT2D eigenvalue weighted by molar-refractivity contribution is 6.52. The molecule has 1 aromatic heterocycles. The van der Waals surface area contributed by atoms with Crippen molar-refractivity contribution in [2.24, 2.45) is 0 Å². The summed E-state index contributed by atoms with van der Waals surface area (Å²) in [5.74, 6) is 2.54. The molecule has 5 heteroatoms. The Morgan fingerprint density at radius 3 is 2.30 bits per heavy atom. The van der Waals surface area contributed by atoms with Crippen LogP contribution in [0.5, 0.6) is 5.88 Å². The Morgan fingerprint density at radius 2 is 1.80 bits per heavy atom. The number of rotatable bonds is 3. The molecule has 2 heterocycles. The molecule has 4 nitrogen and oxygen atoms in total. The minimum Gasteiger partial charge on any atom is -0.481 e. The molecule has 108 valence electrons. The lowest BCUT2D eigenvalue weighted by atomic mass is 9.89. The molecule has 0 bridgehead atoms. The van der Waals surface area contributed by atoms with Gasteiger partial charge >= 0.3 is 7.12 Å². The fourth-order valence-corrected chi connectivity index (χ4v) is 1.98. The number of aromatic nitrogens is 1. The Hall–Kier alpha value is -1.33. The topological polar surface area (TPSA) is 40.6 Å². The number of hydrogen-bond donors (Lipinski definition) is 0. The van der Waals surface area contributed by atoms with Crippen molar-refractivity contribution in [3.05, 3.63) is 29.4 Å². The van der Waals surface area contributed by atoms with Crippen molar-refractivity contribution in [3.8, 4) is 5.88 Å². The zero-order valence-electron chi connectivity index (χ0n) is 13.1. The fraction of sp³-hybridized carbons (Fsp3) is 0.533. The van der Waals surface area contributed by atoms with E-state index in [1.165, 1.54) is 0 Å². The van der Waals surface area contributed by atoms with Crippen molar-refractivity contribution < 1.29 is 14.0 Å². The van der Waals surface area contributed by atoms with Gasteiger partial charge in [-0.15, -0.1) is 0 Å². The molecule has 1 fully saturated rings. The highest BCUT2D eigenvalue weighted by atomic mass is 16.7. The van der Waals surface area contributed by atoms with Crippen molar-refractivity contribution in [2.45, 2.75) is 45.8 Å². The lowest BCUT2D eigenvalue weighted by Gasteiger charge is -2.32. The van der Waals surface area contributed by atoms with Crippen molar-refractivity contribution in [1.29, 1.82) is 0 Å². The van der Waals surface area contributed by atoms with Crippen molar-refractivity contribution in [3.63, 3.8) is 0 Å². The molecule has 1 aliphatic heterocycles. The Labute approximate surface area is 121 Å². The highest BCUT2D eigenvalue weighted by Crippen LogP contribution is 2.37. The molecular weight excluding hydrogens is 253 g/mol. The predicted molar refractivity (Wildman–Crippen MR) is 80.6 cm³/mol. The first-order chi connectivity index (χ1) is 9.25. The molecule has 0 amide bonds. The standard InChI is InChI=1S/C15H22BNO3/c1-11-9-13(18-6)17-10-12(11)7-8-16-19-14(2,3)15(4,5)20-16/h7-10H,1-6H3/b8-7+. The first kappa shape index (κ1) is 15.1. The highest BCUT2D eigenvalue weighted by Gasteiger charge is 2.49. The molecule has 1 aliphatic rings. The maximum atomic E-state index is 5.92. The molecule has 2 rings (SSSR count). The van der Waals surface area contributed by atoms with Gasteiger partial charge < -0.3 is 14.0 Å². The average molecular weight is 275 g/mol. The number of hydrogen-bond acceptors (Lipinski definition) is 4. The van der Waals surface area contributed by atoms with Crippen molar-refractivity contribution in [2.75, 3.05) is 7.11 Å². The number of methoxy groups -OCH3 is 1. The van der Waals surface area contributed by atoms with E-state index < -0.39 is 0 Å². The molecule has 0 atom stereocenters. The lowest BCUT2D eigenvalue weighted by Crippen LogP contribution is -2.41. The maximum absolute atomic E-state index is 5.92. The summed E-state index contributed by atoms with van der Waals surface area (Å²) in [5, 5.41) is 0. The number of ether oxygens (including phenoxy) is 1. The van der Waals surface area contributed by atoms with Gasteiger partial charge in [0, 0.05) is 12.3 Å². The summed E-state index contributed by atoms with van der Waals surface area (Å²) >= 11 is 0. The monoisotopic (exact) mass is 275 g/mol. The SMILES string of the molecule is COc1cc(C)c(/C=C/B2OC(C)(C)C(C)(C)O2)cn1. The third kappa shape index (κ3) is 2.89. The Kier molecular flexibility index (Phi) is 3.94. The largest absolute Gasteiger partial charge is 0.487 e. The Balaban J connectivity index is 2.12. The summed E-state index contributed by atoms with van der Waals surface area (Å²) in [5.41, 5.74) is 1.51. The van der Waals surface area contributed by atoms with E-state index in [0.717, 1.165) is 11.1 Å². The Morgan fingerprint density at radius 1 is 1.20 bits per heavy atom. The van der Waals surface area contributed by atoms with E-state index in [4.69, 9.17) is 14.0 Å². The molecule has 0 unspecified atom stereocenters. The van der Waals surface area contributed by atoms with Crippen LogP contribution in [0.25, 0.3) is 6.08 Å². The van der Waals surface area contributed by atoms with Gasteiger partial charge in [-0.05, 0) is 45.7 Å². The van der Waals surface area contributed by atoms with Gasteiger partial charge in [0.1, 0.15) is 0 Å². The summed E-state index contributed by atoms with van der Waals surface area (Å²) in [6, 6.07) is 1.91. The first-order valence-corrected chi connectivity index (χ1v) is 6.80. The third-order valence-corrected chi connectivity index (χ3v) is 4.04. The number of aryl methyl sites for hydroxylation is 1. The summed E-state index contributed by atoms with van der Waals surface area (Å²) in [6.45, 7) is 10.2. The van der Waals surface area contributed by atoms with Gasteiger partial charge in [-0.2, -0.15) is 0 Å². The molecule has 0 aliphatic carbocycles. The van der Waals surface area contributed by atoms with Gasteiger partial charge in [-0.25, -0.2) is 4.98 Å². The normalized spacial score (nSPS) is 20.6. The second kappa shape index (κ2) is 5.22. The fourth-order valence-electron chi connectivity index (χ4n) is 1.98. The van der Waals surface area contributed by atoms with Crippen LogP contribution >= 0.6 is 0 Å². The molecule has 0 aromatic carbocycles. The van der Waals surface area contributed by atoms with E-state index in [0.29, 0.717) is 5.88 Å². The average Bonchev–Trinajstić information content (AvgIpc) is 2.56. The molecular formula is C15H22BNO3. The van der Waals surface area contributed by atoms with E-state index in [1.54, 1.807) is 13.3 Å².